The molecule has 2 fully saturated rings. The molecular weight excluding hydrogens is 150 g/mol. The number of Topliss-reactive ketones (excluding diaryl/α,β-unsaturated/α-hetero) is 1. The van der Waals surface area contributed by atoms with E-state index < -0.39 is 0 Å². The second-order valence-electron chi connectivity index (χ2n) is 4.12. The highest BCUT2D eigenvalue weighted by atomic mass is 16.1. The summed E-state index contributed by atoms with van der Waals surface area (Å²) in [5, 5.41) is 0. The van der Waals surface area contributed by atoms with Crippen molar-refractivity contribution < 1.29 is 4.79 Å². The molecule has 0 aliphatic heterocycles. The van der Waals surface area contributed by atoms with E-state index in [-0.39, 0.29) is 0 Å². The van der Waals surface area contributed by atoms with Gasteiger partial charge < -0.3 is 4.90 Å². The summed E-state index contributed by atoms with van der Waals surface area (Å²) in [6, 6.07) is 0. The lowest BCUT2D eigenvalue weighted by Gasteiger charge is -2.30. The van der Waals surface area contributed by atoms with E-state index in [0.717, 1.165) is 12.0 Å². The zero-order valence-electron chi connectivity index (χ0n) is 7.71. The lowest BCUT2D eigenvalue weighted by Crippen LogP contribution is -2.21. The van der Waals surface area contributed by atoms with Gasteiger partial charge in [0.1, 0.15) is 0 Å². The first-order valence-corrected chi connectivity index (χ1v) is 4.60. The van der Waals surface area contributed by atoms with Crippen molar-refractivity contribution in [1.82, 2.24) is 4.90 Å². The Kier molecular flexibility index (Phi) is 1.71. The highest BCUT2D eigenvalue weighted by Gasteiger charge is 2.43. The van der Waals surface area contributed by atoms with E-state index in [9.17, 15) is 4.79 Å². The Labute approximate surface area is 73.2 Å². The number of carbonyl (C=O) groups is 1. The number of allylic oxidation sites excluding steroid dienone is 1. The fourth-order valence-electron chi connectivity index (χ4n) is 2.23. The normalized spacial score (nSPS) is 36.5. The molecule has 2 nitrogen and oxygen atoms in total. The Morgan fingerprint density at radius 2 is 2.17 bits per heavy atom. The molecule has 0 N–H and O–H groups in total. The van der Waals surface area contributed by atoms with E-state index in [0.29, 0.717) is 17.6 Å². The van der Waals surface area contributed by atoms with Crippen LogP contribution in [0.3, 0.4) is 0 Å². The van der Waals surface area contributed by atoms with Crippen LogP contribution in [0.1, 0.15) is 19.3 Å². The van der Waals surface area contributed by atoms with Gasteiger partial charge >= 0.3 is 0 Å². The summed E-state index contributed by atoms with van der Waals surface area (Å²) in [6.45, 7) is 0. The molecule has 0 aromatic rings. The quantitative estimate of drug-likeness (QED) is 0.548. The highest BCUT2D eigenvalue weighted by Crippen LogP contribution is 2.48. The van der Waals surface area contributed by atoms with Crippen LogP contribution in [0.5, 0.6) is 0 Å². The maximum atomic E-state index is 11.5. The molecular formula is C10H15NO. The Bertz CT molecular complexity index is 242. The van der Waals surface area contributed by atoms with Crippen LogP contribution >= 0.6 is 0 Å². The van der Waals surface area contributed by atoms with Crippen LogP contribution in [0, 0.1) is 11.8 Å². The first-order valence-electron chi connectivity index (χ1n) is 4.60. The molecule has 0 amide bonds. The summed E-state index contributed by atoms with van der Waals surface area (Å²) in [7, 11) is 3.96. The van der Waals surface area contributed by atoms with Crippen LogP contribution in [-0.2, 0) is 4.79 Å². The summed E-state index contributed by atoms with van der Waals surface area (Å²) in [5.74, 6) is 1.69. The highest BCUT2D eigenvalue weighted by molar-refractivity contribution is 5.98. The second-order valence-corrected chi connectivity index (χ2v) is 4.12. The molecule has 0 aromatic heterocycles. The number of fused-ring (bicyclic) bond motifs is 1. The largest absolute Gasteiger partial charge is 0.383 e. The van der Waals surface area contributed by atoms with Crippen LogP contribution in [0.2, 0.25) is 0 Å². The Hall–Kier alpha value is -0.790. The fraction of sp³-hybridized carbons (Fsp3) is 0.700. The molecule has 2 aliphatic rings. The van der Waals surface area contributed by atoms with Crippen LogP contribution < -0.4 is 0 Å². The van der Waals surface area contributed by atoms with E-state index in [2.05, 4.69) is 0 Å². The number of hydrogen-bond donors (Lipinski definition) is 0. The van der Waals surface area contributed by atoms with Crippen molar-refractivity contribution in [2.75, 3.05) is 14.1 Å². The SMILES string of the molecule is CN(C)/C=C1\C(=O)C[C@@H]2CC[C@H]12. The van der Waals surface area contributed by atoms with E-state index in [4.69, 9.17) is 0 Å². The maximum Gasteiger partial charge on any atom is 0.160 e. The molecule has 0 unspecified atom stereocenters. The maximum absolute atomic E-state index is 11.5. The summed E-state index contributed by atoms with van der Waals surface area (Å²) in [6.07, 6.45) is 5.31. The standard InChI is InChI=1S/C10H15NO/c1-11(2)6-9-8-4-3-7(8)5-10(9)12/h6-8H,3-5H2,1-2H3/b9-6-/t7-,8-/m0/s1. The minimum Gasteiger partial charge on any atom is -0.383 e. The predicted molar refractivity (Wildman–Crippen MR) is 47.6 cm³/mol. The van der Waals surface area contributed by atoms with Gasteiger partial charge in [-0.05, 0) is 24.7 Å². The molecule has 0 spiro atoms. The lowest BCUT2D eigenvalue weighted by atomic mass is 9.75. The van der Waals surface area contributed by atoms with Crippen LogP contribution in [-0.4, -0.2) is 24.8 Å². The van der Waals surface area contributed by atoms with Gasteiger partial charge in [0, 0.05) is 32.3 Å². The van der Waals surface area contributed by atoms with Gasteiger partial charge in [-0.1, -0.05) is 0 Å². The number of carbonyl (C=O) groups excluding carboxylic acids is 1. The molecule has 0 aromatic carbocycles. The summed E-state index contributed by atoms with van der Waals surface area (Å²) < 4.78 is 0. The molecule has 12 heavy (non-hydrogen) atoms. The molecule has 2 aliphatic carbocycles. The number of hydrogen-bond acceptors (Lipinski definition) is 2. The topological polar surface area (TPSA) is 20.3 Å². The Balaban J connectivity index is 2.19. The van der Waals surface area contributed by atoms with Crippen LogP contribution in [0.15, 0.2) is 11.8 Å². The van der Waals surface area contributed by atoms with E-state index in [1.54, 1.807) is 0 Å². The molecule has 0 saturated heterocycles. The lowest BCUT2D eigenvalue weighted by molar-refractivity contribution is -0.114. The third-order valence-electron chi connectivity index (χ3n) is 2.98. The third kappa shape index (κ3) is 1.06. The van der Waals surface area contributed by atoms with Crippen molar-refractivity contribution in [2.45, 2.75) is 19.3 Å². The first-order chi connectivity index (χ1) is 5.68. The molecule has 2 rings (SSSR count). The smallest absolute Gasteiger partial charge is 0.160 e. The van der Waals surface area contributed by atoms with Gasteiger partial charge in [0.2, 0.25) is 0 Å². The van der Waals surface area contributed by atoms with Gasteiger partial charge in [-0.25, -0.2) is 0 Å². The summed E-state index contributed by atoms with van der Waals surface area (Å²) in [5.41, 5.74) is 1.08. The zero-order chi connectivity index (χ0) is 8.72. The molecule has 2 atom stereocenters. The average molecular weight is 165 g/mol. The first kappa shape index (κ1) is 7.84. The molecule has 0 radical (unpaired) electrons. The molecule has 2 saturated carbocycles. The van der Waals surface area contributed by atoms with Crippen molar-refractivity contribution in [1.29, 1.82) is 0 Å². The number of nitrogens with zero attached hydrogens (tertiary/aromatic N) is 1. The van der Waals surface area contributed by atoms with Gasteiger partial charge in [-0.2, -0.15) is 0 Å². The summed E-state index contributed by atoms with van der Waals surface area (Å²) >= 11 is 0. The van der Waals surface area contributed by atoms with Crippen LogP contribution in [0.4, 0.5) is 0 Å². The second kappa shape index (κ2) is 2.61. The van der Waals surface area contributed by atoms with Crippen LogP contribution in [0.25, 0.3) is 0 Å². The van der Waals surface area contributed by atoms with E-state index in [1.807, 2.05) is 25.2 Å². The minimum atomic E-state index is 0.385. The van der Waals surface area contributed by atoms with Crippen molar-refractivity contribution >= 4 is 5.78 Å². The molecule has 0 heterocycles. The summed E-state index contributed by atoms with van der Waals surface area (Å²) in [4.78, 5) is 13.5. The van der Waals surface area contributed by atoms with Gasteiger partial charge in [-0.15, -0.1) is 0 Å². The molecule has 66 valence electrons. The number of rotatable bonds is 1. The Morgan fingerprint density at radius 3 is 2.58 bits per heavy atom. The van der Waals surface area contributed by atoms with E-state index >= 15 is 0 Å². The minimum absolute atomic E-state index is 0.385. The van der Waals surface area contributed by atoms with Crippen molar-refractivity contribution in [3.05, 3.63) is 11.8 Å². The van der Waals surface area contributed by atoms with Crippen molar-refractivity contribution in [3.8, 4) is 0 Å². The van der Waals surface area contributed by atoms with Crippen molar-refractivity contribution in [3.63, 3.8) is 0 Å². The van der Waals surface area contributed by atoms with Gasteiger partial charge in [0.15, 0.2) is 5.78 Å². The van der Waals surface area contributed by atoms with Gasteiger partial charge in [0.05, 0.1) is 0 Å². The predicted octanol–water partition coefficient (Wildman–Crippen LogP) is 1.43. The molecule has 2 heteroatoms. The molecule has 0 bridgehead atoms. The zero-order valence-corrected chi connectivity index (χ0v) is 7.71. The third-order valence-corrected chi connectivity index (χ3v) is 2.98. The number of ketones is 1. The fourth-order valence-corrected chi connectivity index (χ4v) is 2.23. The average Bonchev–Trinajstić information content (AvgIpc) is 2.11. The van der Waals surface area contributed by atoms with Gasteiger partial charge in [0.25, 0.3) is 0 Å². The van der Waals surface area contributed by atoms with E-state index in [1.165, 1.54) is 12.8 Å². The van der Waals surface area contributed by atoms with Gasteiger partial charge in [-0.3, -0.25) is 4.79 Å². The van der Waals surface area contributed by atoms with Crippen molar-refractivity contribution in [2.24, 2.45) is 11.8 Å². The Morgan fingerprint density at radius 1 is 1.42 bits per heavy atom. The monoisotopic (exact) mass is 165 g/mol.